The van der Waals surface area contributed by atoms with Crippen LogP contribution in [0.3, 0.4) is 0 Å². The van der Waals surface area contributed by atoms with Gasteiger partial charge in [-0.15, -0.1) is 5.10 Å². The van der Waals surface area contributed by atoms with Gasteiger partial charge in [-0.2, -0.15) is 14.6 Å². The molecule has 3 aromatic carbocycles. The van der Waals surface area contributed by atoms with Crippen LogP contribution >= 0.6 is 11.3 Å². The highest BCUT2D eigenvalue weighted by Crippen LogP contribution is 2.25. The molecule has 3 heterocycles. The molecule has 0 bridgehead atoms. The van der Waals surface area contributed by atoms with Gasteiger partial charge in [0.05, 0.1) is 23.0 Å². The summed E-state index contributed by atoms with van der Waals surface area (Å²) >= 11 is 1.31. The van der Waals surface area contributed by atoms with Crippen LogP contribution in [-0.4, -0.2) is 31.5 Å². The van der Waals surface area contributed by atoms with Crippen molar-refractivity contribution < 1.29 is 4.74 Å². The summed E-state index contributed by atoms with van der Waals surface area (Å²) < 4.78 is 8.96. The zero-order chi connectivity index (χ0) is 24.6. The van der Waals surface area contributed by atoms with Crippen LogP contribution in [0, 0.1) is 6.92 Å². The van der Waals surface area contributed by atoms with Gasteiger partial charge in [0.2, 0.25) is 4.96 Å². The molecule has 6 aromatic rings. The van der Waals surface area contributed by atoms with Crippen molar-refractivity contribution in [2.75, 3.05) is 7.11 Å². The van der Waals surface area contributed by atoms with Gasteiger partial charge in [-0.25, -0.2) is 4.68 Å². The number of hydrogen-bond acceptors (Lipinski definition) is 6. The fraction of sp³-hybridized carbons (Fsp3) is 0.0714. The molecule has 0 aliphatic rings. The van der Waals surface area contributed by atoms with Crippen LogP contribution in [0.15, 0.2) is 89.9 Å². The number of nitrogens with zero attached hydrogens (tertiary/aromatic N) is 5. The molecule has 0 saturated carbocycles. The van der Waals surface area contributed by atoms with E-state index in [1.165, 1.54) is 21.4 Å². The highest BCUT2D eigenvalue weighted by Gasteiger charge is 2.15. The Labute approximate surface area is 210 Å². The number of thiazole rings is 1. The van der Waals surface area contributed by atoms with Crippen molar-refractivity contribution in [3.8, 4) is 34.1 Å². The summed E-state index contributed by atoms with van der Waals surface area (Å²) in [4.78, 5) is 18.4. The summed E-state index contributed by atoms with van der Waals surface area (Å²) in [6, 6.07) is 25.6. The van der Waals surface area contributed by atoms with Gasteiger partial charge < -0.3 is 4.74 Å². The number of ether oxygens (including phenoxy) is 1. The Morgan fingerprint density at radius 3 is 2.31 bits per heavy atom. The van der Waals surface area contributed by atoms with Gasteiger partial charge in [0, 0.05) is 22.9 Å². The van der Waals surface area contributed by atoms with Gasteiger partial charge in [-0.1, -0.05) is 59.4 Å². The molecule has 36 heavy (non-hydrogen) atoms. The maximum Gasteiger partial charge on any atom is 0.291 e. The third-order valence-electron chi connectivity index (χ3n) is 5.90. The number of para-hydroxylation sites is 1. The van der Waals surface area contributed by atoms with Crippen molar-refractivity contribution in [1.82, 2.24) is 24.4 Å². The van der Waals surface area contributed by atoms with Crippen LogP contribution in [0.4, 0.5) is 0 Å². The highest BCUT2D eigenvalue weighted by atomic mass is 32.1. The zero-order valence-corrected chi connectivity index (χ0v) is 20.4. The lowest BCUT2D eigenvalue weighted by molar-refractivity contribution is 0.415. The molecule has 0 radical (unpaired) electrons. The molecular formula is C28H21N5O2S. The predicted molar refractivity (Wildman–Crippen MR) is 142 cm³/mol. The van der Waals surface area contributed by atoms with E-state index >= 15 is 0 Å². The van der Waals surface area contributed by atoms with Crippen LogP contribution < -0.4 is 14.8 Å². The smallest absolute Gasteiger partial charge is 0.291 e. The quantitative estimate of drug-likeness (QED) is 0.354. The Kier molecular flexibility index (Phi) is 5.42. The van der Waals surface area contributed by atoms with Gasteiger partial charge in [0.1, 0.15) is 5.75 Å². The van der Waals surface area contributed by atoms with Gasteiger partial charge in [-0.3, -0.25) is 4.79 Å². The molecule has 176 valence electrons. The number of benzene rings is 3. The first-order valence-corrected chi connectivity index (χ1v) is 12.2. The van der Waals surface area contributed by atoms with E-state index in [0.717, 1.165) is 33.8 Å². The Morgan fingerprint density at radius 1 is 0.889 bits per heavy atom. The van der Waals surface area contributed by atoms with E-state index in [0.29, 0.717) is 15.3 Å². The van der Waals surface area contributed by atoms with Crippen molar-refractivity contribution in [1.29, 1.82) is 0 Å². The Balaban J connectivity index is 1.46. The fourth-order valence-corrected chi connectivity index (χ4v) is 4.88. The summed E-state index contributed by atoms with van der Waals surface area (Å²) in [5, 5.41) is 9.32. The van der Waals surface area contributed by atoms with E-state index in [9.17, 15) is 4.79 Å². The summed E-state index contributed by atoms with van der Waals surface area (Å²) in [5.41, 5.74) is 5.37. The van der Waals surface area contributed by atoms with E-state index in [4.69, 9.17) is 9.84 Å². The summed E-state index contributed by atoms with van der Waals surface area (Å²) in [5.74, 6) is 1.26. The lowest BCUT2D eigenvalue weighted by Crippen LogP contribution is -2.23. The molecule has 0 unspecified atom stereocenters. The number of fused-ring (bicyclic) bond motifs is 1. The third-order valence-corrected chi connectivity index (χ3v) is 6.86. The van der Waals surface area contributed by atoms with Crippen molar-refractivity contribution in [3.05, 3.63) is 111 Å². The van der Waals surface area contributed by atoms with Crippen LogP contribution in [0.5, 0.6) is 5.75 Å². The fourth-order valence-electron chi connectivity index (χ4n) is 3.98. The highest BCUT2D eigenvalue weighted by molar-refractivity contribution is 7.15. The van der Waals surface area contributed by atoms with Crippen LogP contribution in [0.25, 0.3) is 39.4 Å². The van der Waals surface area contributed by atoms with E-state index in [1.54, 1.807) is 7.11 Å². The second-order valence-corrected chi connectivity index (χ2v) is 9.36. The lowest BCUT2D eigenvalue weighted by atomic mass is 10.1. The molecule has 6 rings (SSSR count). The minimum atomic E-state index is -0.204. The molecule has 0 N–H and O–H groups in total. The van der Waals surface area contributed by atoms with Crippen LogP contribution in [0.2, 0.25) is 0 Å². The molecule has 0 fully saturated rings. The van der Waals surface area contributed by atoms with E-state index in [1.807, 2.05) is 83.7 Å². The number of rotatable bonds is 5. The zero-order valence-electron chi connectivity index (χ0n) is 19.6. The van der Waals surface area contributed by atoms with Gasteiger partial charge in [0.25, 0.3) is 5.56 Å². The van der Waals surface area contributed by atoms with Crippen molar-refractivity contribution in [3.63, 3.8) is 0 Å². The van der Waals surface area contributed by atoms with E-state index < -0.39 is 0 Å². The van der Waals surface area contributed by atoms with Crippen LogP contribution in [0.1, 0.15) is 11.1 Å². The van der Waals surface area contributed by atoms with E-state index in [2.05, 4.69) is 29.1 Å². The van der Waals surface area contributed by atoms with Gasteiger partial charge >= 0.3 is 0 Å². The van der Waals surface area contributed by atoms with Gasteiger partial charge in [0.15, 0.2) is 5.82 Å². The Bertz CT molecular complexity index is 1780. The average molecular weight is 492 g/mol. The first kappa shape index (κ1) is 21.9. The molecule has 0 saturated heterocycles. The Morgan fingerprint density at radius 2 is 1.61 bits per heavy atom. The first-order chi connectivity index (χ1) is 17.6. The minimum absolute atomic E-state index is 0.204. The van der Waals surface area contributed by atoms with Crippen molar-refractivity contribution in [2.45, 2.75) is 6.92 Å². The maximum atomic E-state index is 13.2. The van der Waals surface area contributed by atoms with E-state index in [-0.39, 0.29) is 5.56 Å². The molecule has 0 amide bonds. The molecular weight excluding hydrogens is 470 g/mol. The summed E-state index contributed by atoms with van der Waals surface area (Å²) in [7, 11) is 1.62. The van der Waals surface area contributed by atoms with Crippen molar-refractivity contribution in [2.24, 2.45) is 0 Å². The average Bonchev–Trinajstić information content (AvgIpc) is 3.60. The lowest BCUT2D eigenvalue weighted by Gasteiger charge is -2.01. The maximum absolute atomic E-state index is 13.2. The summed E-state index contributed by atoms with van der Waals surface area (Å²) in [6.45, 7) is 2.05. The molecule has 8 heteroatoms. The first-order valence-electron chi connectivity index (χ1n) is 11.4. The second kappa shape index (κ2) is 8.90. The third kappa shape index (κ3) is 3.97. The largest absolute Gasteiger partial charge is 0.497 e. The number of hydrogen-bond donors (Lipinski definition) is 0. The van der Waals surface area contributed by atoms with Gasteiger partial charge in [-0.05, 0) is 49.4 Å². The molecule has 0 spiro atoms. The molecule has 0 aliphatic carbocycles. The molecule has 3 aromatic heterocycles. The summed E-state index contributed by atoms with van der Waals surface area (Å²) in [6.07, 6.45) is 3.82. The molecule has 0 aliphatic heterocycles. The standard InChI is InChI=1S/C28H21N5O2S/c1-18-8-10-19(11-9-18)25-21(17-32(30-25)22-6-4-3-5-7-22)16-24-27(34)33-28(36-24)29-26(31-33)20-12-14-23(35-2)15-13-20/h3-17H,1-2H3/b24-16-. The SMILES string of the molecule is COc1ccc(-c2nc3s/c(=C\c4cn(-c5ccccc5)nc4-c4ccc(C)cc4)c(=O)n3n2)cc1. The topological polar surface area (TPSA) is 74.3 Å². The minimum Gasteiger partial charge on any atom is -0.497 e. The van der Waals surface area contributed by atoms with Crippen molar-refractivity contribution >= 4 is 22.4 Å². The number of methoxy groups -OCH3 is 1. The normalized spacial score (nSPS) is 11.9. The molecule has 7 nitrogen and oxygen atoms in total. The van der Waals surface area contributed by atoms with Crippen LogP contribution in [-0.2, 0) is 0 Å². The predicted octanol–water partition coefficient (Wildman–Crippen LogP) is 4.54. The second-order valence-electron chi connectivity index (χ2n) is 8.35. The number of aromatic nitrogens is 5. The Hall–Kier alpha value is -4.56. The molecule has 0 atom stereocenters. The number of aryl methyl sites for hydroxylation is 1. The monoisotopic (exact) mass is 491 g/mol.